The zero-order chi connectivity index (χ0) is 14.4. The van der Waals surface area contributed by atoms with Crippen molar-refractivity contribution in [3.05, 3.63) is 11.9 Å². The highest BCUT2D eigenvalue weighted by Crippen LogP contribution is 2.30. The molecule has 5 nitrogen and oxygen atoms in total. The first kappa shape index (κ1) is 15.0. The number of nitrogens with two attached hydrogens (primary N) is 1. The van der Waals surface area contributed by atoms with Gasteiger partial charge in [-0.05, 0) is 38.0 Å². The maximum Gasteiger partial charge on any atom is 0.148 e. The van der Waals surface area contributed by atoms with Crippen LogP contribution in [0, 0.1) is 5.92 Å². The molecule has 4 N–H and O–H groups in total. The van der Waals surface area contributed by atoms with Crippen LogP contribution in [0.2, 0.25) is 0 Å². The average molecular weight is 277 g/mol. The van der Waals surface area contributed by atoms with Crippen molar-refractivity contribution < 1.29 is 0 Å². The van der Waals surface area contributed by atoms with Gasteiger partial charge in [0.2, 0.25) is 0 Å². The van der Waals surface area contributed by atoms with Crippen LogP contribution in [-0.2, 0) is 6.42 Å². The van der Waals surface area contributed by atoms with E-state index in [4.69, 9.17) is 5.84 Å². The standard InChI is InChI=1S/C15H27N5/c1-3-5-11-6-8-12(9-7-11)19-14-13(4-2)15(20-16)18-10-17-14/h10-12H,3-9,16H2,1-2H3,(H2,17,18,19,20). The molecule has 1 aromatic rings. The summed E-state index contributed by atoms with van der Waals surface area (Å²) in [7, 11) is 0. The van der Waals surface area contributed by atoms with E-state index in [-0.39, 0.29) is 0 Å². The number of hydrogen-bond donors (Lipinski definition) is 3. The maximum atomic E-state index is 5.51. The summed E-state index contributed by atoms with van der Waals surface area (Å²) < 4.78 is 0. The molecule has 0 bridgehead atoms. The third kappa shape index (κ3) is 3.60. The molecule has 1 saturated carbocycles. The lowest BCUT2D eigenvalue weighted by molar-refractivity contribution is 0.318. The predicted octanol–water partition coefficient (Wildman–Crippen LogP) is 3.10. The van der Waals surface area contributed by atoms with E-state index >= 15 is 0 Å². The van der Waals surface area contributed by atoms with E-state index in [0.717, 1.165) is 29.5 Å². The maximum absolute atomic E-state index is 5.51. The van der Waals surface area contributed by atoms with Crippen LogP contribution in [0.1, 0.15) is 57.9 Å². The molecule has 0 aromatic carbocycles. The molecule has 1 aromatic heterocycles. The first-order chi connectivity index (χ1) is 9.78. The minimum atomic E-state index is 0.536. The van der Waals surface area contributed by atoms with Gasteiger partial charge in [-0.3, -0.25) is 0 Å². The monoisotopic (exact) mass is 277 g/mol. The van der Waals surface area contributed by atoms with Crippen molar-refractivity contribution in [3.8, 4) is 0 Å². The summed E-state index contributed by atoms with van der Waals surface area (Å²) in [4.78, 5) is 8.56. The number of nitrogens with one attached hydrogen (secondary N) is 2. The van der Waals surface area contributed by atoms with Gasteiger partial charge < -0.3 is 10.7 Å². The average Bonchev–Trinajstić information content (AvgIpc) is 2.49. The van der Waals surface area contributed by atoms with Gasteiger partial charge in [-0.1, -0.05) is 26.7 Å². The Morgan fingerprint density at radius 1 is 1.15 bits per heavy atom. The minimum Gasteiger partial charge on any atom is -0.367 e. The van der Waals surface area contributed by atoms with E-state index in [9.17, 15) is 0 Å². The van der Waals surface area contributed by atoms with E-state index in [1.807, 2.05) is 0 Å². The Kier molecular flexibility index (Phi) is 5.59. The SMILES string of the molecule is CCCC1CCC(Nc2ncnc(NN)c2CC)CC1. The highest BCUT2D eigenvalue weighted by molar-refractivity contribution is 5.57. The van der Waals surface area contributed by atoms with Gasteiger partial charge in [-0.15, -0.1) is 0 Å². The molecule has 1 aliphatic carbocycles. The van der Waals surface area contributed by atoms with Gasteiger partial charge in [-0.2, -0.15) is 0 Å². The fourth-order valence-electron chi connectivity index (χ4n) is 3.19. The van der Waals surface area contributed by atoms with Gasteiger partial charge in [-0.25, -0.2) is 15.8 Å². The van der Waals surface area contributed by atoms with Gasteiger partial charge in [0.1, 0.15) is 18.0 Å². The molecule has 112 valence electrons. The van der Waals surface area contributed by atoms with Crippen LogP contribution in [0.25, 0.3) is 0 Å². The van der Waals surface area contributed by atoms with Crippen molar-refractivity contribution in [2.24, 2.45) is 11.8 Å². The van der Waals surface area contributed by atoms with Crippen LogP contribution in [0.15, 0.2) is 6.33 Å². The van der Waals surface area contributed by atoms with Crippen LogP contribution < -0.4 is 16.6 Å². The largest absolute Gasteiger partial charge is 0.367 e. The molecule has 1 aliphatic rings. The smallest absolute Gasteiger partial charge is 0.148 e. The van der Waals surface area contributed by atoms with E-state index in [0.29, 0.717) is 6.04 Å². The number of nitrogen functional groups attached to an aromatic ring is 1. The second-order valence-electron chi connectivity index (χ2n) is 5.70. The Morgan fingerprint density at radius 2 is 1.85 bits per heavy atom. The molecule has 0 saturated heterocycles. The Morgan fingerprint density at radius 3 is 2.45 bits per heavy atom. The molecule has 0 aliphatic heterocycles. The molecule has 5 heteroatoms. The van der Waals surface area contributed by atoms with E-state index in [1.54, 1.807) is 6.33 Å². The first-order valence-corrected chi connectivity index (χ1v) is 7.85. The summed E-state index contributed by atoms with van der Waals surface area (Å²) in [5.74, 6) is 8.10. The molecule has 1 fully saturated rings. The van der Waals surface area contributed by atoms with E-state index in [2.05, 4.69) is 34.6 Å². The molecule has 0 atom stereocenters. The van der Waals surface area contributed by atoms with Crippen molar-refractivity contribution in [2.75, 3.05) is 10.7 Å². The summed E-state index contributed by atoms with van der Waals surface area (Å²) >= 11 is 0. The summed E-state index contributed by atoms with van der Waals surface area (Å²) in [5.41, 5.74) is 3.73. The normalized spacial score (nSPS) is 22.6. The number of hydrogen-bond acceptors (Lipinski definition) is 5. The van der Waals surface area contributed by atoms with Crippen molar-refractivity contribution in [2.45, 2.75) is 64.8 Å². The summed E-state index contributed by atoms with van der Waals surface area (Å²) in [6.45, 7) is 4.38. The Balaban J connectivity index is 1.97. The van der Waals surface area contributed by atoms with E-state index < -0.39 is 0 Å². The molecule has 0 amide bonds. The number of hydrazine groups is 1. The highest BCUT2D eigenvalue weighted by atomic mass is 15.3. The van der Waals surface area contributed by atoms with Gasteiger partial charge in [0.25, 0.3) is 0 Å². The lowest BCUT2D eigenvalue weighted by Crippen LogP contribution is -2.27. The van der Waals surface area contributed by atoms with Crippen LogP contribution in [0.3, 0.4) is 0 Å². The molecule has 0 unspecified atom stereocenters. The molecule has 0 spiro atoms. The molecule has 20 heavy (non-hydrogen) atoms. The predicted molar refractivity (Wildman–Crippen MR) is 83.5 cm³/mol. The zero-order valence-corrected chi connectivity index (χ0v) is 12.7. The second kappa shape index (κ2) is 7.43. The van der Waals surface area contributed by atoms with Gasteiger partial charge in [0.05, 0.1) is 0 Å². The fourth-order valence-corrected chi connectivity index (χ4v) is 3.19. The third-order valence-corrected chi connectivity index (χ3v) is 4.32. The number of aromatic nitrogens is 2. The Labute approximate surface area is 121 Å². The van der Waals surface area contributed by atoms with Crippen molar-refractivity contribution in [3.63, 3.8) is 0 Å². The van der Waals surface area contributed by atoms with E-state index in [1.165, 1.54) is 38.5 Å². The lowest BCUT2D eigenvalue weighted by Gasteiger charge is -2.29. The summed E-state index contributed by atoms with van der Waals surface area (Å²) in [6.07, 6.45) is 10.3. The van der Waals surface area contributed by atoms with Crippen LogP contribution >= 0.6 is 0 Å². The van der Waals surface area contributed by atoms with Gasteiger partial charge >= 0.3 is 0 Å². The third-order valence-electron chi connectivity index (χ3n) is 4.32. The summed E-state index contributed by atoms with van der Waals surface area (Å²) in [6, 6.07) is 0.536. The highest BCUT2D eigenvalue weighted by Gasteiger charge is 2.21. The topological polar surface area (TPSA) is 75.9 Å². The minimum absolute atomic E-state index is 0.536. The van der Waals surface area contributed by atoms with Crippen LogP contribution in [0.4, 0.5) is 11.6 Å². The molecule has 0 radical (unpaired) electrons. The number of nitrogens with zero attached hydrogens (tertiary/aromatic N) is 2. The molecule has 1 heterocycles. The summed E-state index contributed by atoms with van der Waals surface area (Å²) in [5, 5.41) is 3.59. The molecular weight excluding hydrogens is 250 g/mol. The van der Waals surface area contributed by atoms with Gasteiger partial charge in [0.15, 0.2) is 0 Å². The first-order valence-electron chi connectivity index (χ1n) is 7.85. The van der Waals surface area contributed by atoms with Crippen molar-refractivity contribution in [1.29, 1.82) is 0 Å². The quantitative estimate of drug-likeness (QED) is 0.550. The number of rotatable bonds is 6. The van der Waals surface area contributed by atoms with Crippen LogP contribution in [-0.4, -0.2) is 16.0 Å². The van der Waals surface area contributed by atoms with Crippen molar-refractivity contribution >= 4 is 11.6 Å². The lowest BCUT2D eigenvalue weighted by atomic mass is 9.83. The second-order valence-corrected chi connectivity index (χ2v) is 5.70. The van der Waals surface area contributed by atoms with Crippen LogP contribution in [0.5, 0.6) is 0 Å². The Bertz CT molecular complexity index is 413. The van der Waals surface area contributed by atoms with Gasteiger partial charge in [0, 0.05) is 11.6 Å². The zero-order valence-electron chi connectivity index (χ0n) is 12.7. The molecule has 2 rings (SSSR count). The molecular formula is C15H27N5. The van der Waals surface area contributed by atoms with Crippen molar-refractivity contribution in [1.82, 2.24) is 9.97 Å². The number of anilines is 2. The Hall–Kier alpha value is -1.36. The fraction of sp³-hybridized carbons (Fsp3) is 0.733.